The summed E-state index contributed by atoms with van der Waals surface area (Å²) >= 11 is 0. The van der Waals surface area contributed by atoms with Crippen molar-refractivity contribution in [2.45, 2.75) is 38.6 Å². The Hall–Kier alpha value is -0.430. The van der Waals surface area contributed by atoms with Crippen LogP contribution in [0.3, 0.4) is 0 Å². The monoisotopic (exact) mass is 301 g/mol. The van der Waals surface area contributed by atoms with Crippen LogP contribution in [0.4, 0.5) is 0 Å². The summed E-state index contributed by atoms with van der Waals surface area (Å²) in [6, 6.07) is 0.688. The van der Waals surface area contributed by atoms with Gasteiger partial charge >= 0.3 is 0 Å². The molecule has 5 nitrogen and oxygen atoms in total. The summed E-state index contributed by atoms with van der Waals surface area (Å²) in [6.07, 6.45) is 4.62. The third-order valence-electron chi connectivity index (χ3n) is 3.97. The maximum atomic E-state index is 12.5. The van der Waals surface area contributed by atoms with Gasteiger partial charge in [-0.3, -0.25) is 0 Å². The summed E-state index contributed by atoms with van der Waals surface area (Å²) in [5, 5.41) is 3.51. The molecule has 2 fully saturated rings. The number of hydrogen-bond donors (Lipinski definition) is 1. The summed E-state index contributed by atoms with van der Waals surface area (Å²) in [4.78, 5) is 0. The first-order valence-electron chi connectivity index (χ1n) is 7.48. The molecule has 1 N–H and O–H groups in total. The highest BCUT2D eigenvalue weighted by Crippen LogP contribution is 2.23. The molecule has 20 heavy (non-hydrogen) atoms. The molecule has 1 aliphatic carbocycles. The molecule has 116 valence electrons. The van der Waals surface area contributed by atoms with Gasteiger partial charge in [0.25, 0.3) is 10.2 Å². The normalized spacial score (nSPS) is 25.1. The average molecular weight is 301 g/mol. The maximum Gasteiger partial charge on any atom is 0.282 e. The Labute approximate surface area is 123 Å². The first-order chi connectivity index (χ1) is 9.39. The SMILES string of the molecule is C=C(C)CN(C)S(=O)(=O)N1CCCC(CNC2CC2)C1. The van der Waals surface area contributed by atoms with Gasteiger partial charge in [0.1, 0.15) is 0 Å². The van der Waals surface area contributed by atoms with Gasteiger partial charge in [-0.1, -0.05) is 12.2 Å². The van der Waals surface area contributed by atoms with Crippen molar-refractivity contribution >= 4 is 10.2 Å². The Morgan fingerprint density at radius 1 is 1.40 bits per heavy atom. The number of nitrogens with zero attached hydrogens (tertiary/aromatic N) is 2. The highest BCUT2D eigenvalue weighted by atomic mass is 32.2. The van der Waals surface area contributed by atoms with Gasteiger partial charge in [0, 0.05) is 32.7 Å². The number of piperidine rings is 1. The van der Waals surface area contributed by atoms with Crippen LogP contribution in [-0.4, -0.2) is 56.3 Å². The van der Waals surface area contributed by atoms with Crippen LogP contribution < -0.4 is 5.32 Å². The van der Waals surface area contributed by atoms with Crippen LogP contribution in [0, 0.1) is 5.92 Å². The number of nitrogens with one attached hydrogen (secondary N) is 1. The Kier molecular flexibility index (Phi) is 5.23. The zero-order valence-electron chi connectivity index (χ0n) is 12.6. The Balaban J connectivity index is 1.90. The molecule has 0 aromatic rings. The van der Waals surface area contributed by atoms with E-state index in [1.54, 1.807) is 11.4 Å². The van der Waals surface area contributed by atoms with Crippen molar-refractivity contribution in [3.63, 3.8) is 0 Å². The number of rotatable bonds is 7. The van der Waals surface area contributed by atoms with E-state index >= 15 is 0 Å². The van der Waals surface area contributed by atoms with E-state index in [9.17, 15) is 8.42 Å². The van der Waals surface area contributed by atoms with Crippen molar-refractivity contribution in [1.82, 2.24) is 13.9 Å². The summed E-state index contributed by atoms with van der Waals surface area (Å²) < 4.78 is 28.1. The van der Waals surface area contributed by atoms with Crippen molar-refractivity contribution in [2.24, 2.45) is 5.92 Å². The second kappa shape index (κ2) is 6.56. The van der Waals surface area contributed by atoms with Crippen LogP contribution in [-0.2, 0) is 10.2 Å². The second-order valence-electron chi connectivity index (χ2n) is 6.27. The van der Waals surface area contributed by atoms with Crippen LogP contribution in [0.1, 0.15) is 32.6 Å². The molecule has 0 radical (unpaired) electrons. The van der Waals surface area contributed by atoms with Crippen molar-refractivity contribution in [2.75, 3.05) is 33.2 Å². The minimum absolute atomic E-state index is 0.393. The Bertz CT molecular complexity index is 445. The molecule has 0 spiro atoms. The lowest BCUT2D eigenvalue weighted by atomic mass is 10.00. The molecule has 1 unspecified atom stereocenters. The fourth-order valence-electron chi connectivity index (χ4n) is 2.68. The van der Waals surface area contributed by atoms with Gasteiger partial charge < -0.3 is 5.32 Å². The van der Waals surface area contributed by atoms with Crippen LogP contribution >= 0.6 is 0 Å². The third kappa shape index (κ3) is 4.28. The summed E-state index contributed by atoms with van der Waals surface area (Å²) in [7, 11) is -1.70. The number of likely N-dealkylation sites (N-methyl/N-ethyl adjacent to an activating group) is 1. The third-order valence-corrected chi connectivity index (χ3v) is 5.87. The van der Waals surface area contributed by atoms with Crippen LogP contribution in [0.2, 0.25) is 0 Å². The zero-order valence-corrected chi connectivity index (χ0v) is 13.5. The summed E-state index contributed by atoms with van der Waals surface area (Å²) in [5.41, 5.74) is 0.861. The van der Waals surface area contributed by atoms with E-state index in [1.807, 2.05) is 6.92 Å². The van der Waals surface area contributed by atoms with Crippen LogP contribution in [0.25, 0.3) is 0 Å². The first kappa shape index (κ1) is 15.9. The van der Waals surface area contributed by atoms with Crippen molar-refractivity contribution < 1.29 is 8.42 Å². The van der Waals surface area contributed by atoms with E-state index < -0.39 is 10.2 Å². The molecular formula is C14H27N3O2S. The quantitative estimate of drug-likeness (QED) is 0.719. The van der Waals surface area contributed by atoms with E-state index in [-0.39, 0.29) is 0 Å². The molecule has 0 amide bonds. The van der Waals surface area contributed by atoms with Gasteiger partial charge in [0.05, 0.1) is 0 Å². The molecular weight excluding hydrogens is 274 g/mol. The van der Waals surface area contributed by atoms with Gasteiger partial charge in [-0.2, -0.15) is 17.0 Å². The van der Waals surface area contributed by atoms with Gasteiger partial charge in [-0.25, -0.2) is 0 Å². The van der Waals surface area contributed by atoms with Gasteiger partial charge in [-0.05, 0) is 45.1 Å². The topological polar surface area (TPSA) is 52.7 Å². The Morgan fingerprint density at radius 3 is 2.70 bits per heavy atom. The van der Waals surface area contributed by atoms with Crippen LogP contribution in [0.15, 0.2) is 12.2 Å². The fraction of sp³-hybridized carbons (Fsp3) is 0.857. The van der Waals surface area contributed by atoms with Gasteiger partial charge in [0.15, 0.2) is 0 Å². The van der Waals surface area contributed by atoms with E-state index in [0.29, 0.717) is 31.6 Å². The fourth-order valence-corrected chi connectivity index (χ4v) is 4.22. The van der Waals surface area contributed by atoms with Crippen molar-refractivity contribution in [1.29, 1.82) is 0 Å². The van der Waals surface area contributed by atoms with E-state index in [2.05, 4.69) is 11.9 Å². The summed E-state index contributed by atoms with van der Waals surface area (Å²) in [5.74, 6) is 0.442. The number of hydrogen-bond acceptors (Lipinski definition) is 3. The molecule has 2 rings (SSSR count). The van der Waals surface area contributed by atoms with E-state index in [4.69, 9.17) is 0 Å². The van der Waals surface area contributed by atoms with Crippen molar-refractivity contribution in [3.8, 4) is 0 Å². The molecule has 1 heterocycles. The standard InChI is InChI=1S/C14H27N3O2S/c1-12(2)10-16(3)20(18,19)17-8-4-5-13(11-17)9-15-14-6-7-14/h13-15H,1,4-11H2,2-3H3. The van der Waals surface area contributed by atoms with E-state index in [1.165, 1.54) is 17.1 Å². The maximum absolute atomic E-state index is 12.5. The zero-order chi connectivity index (χ0) is 14.8. The summed E-state index contributed by atoms with van der Waals surface area (Å²) in [6.45, 7) is 8.26. The lowest BCUT2D eigenvalue weighted by molar-refractivity contribution is 0.247. The smallest absolute Gasteiger partial charge is 0.282 e. The molecule has 2 aliphatic rings. The van der Waals surface area contributed by atoms with Crippen molar-refractivity contribution in [3.05, 3.63) is 12.2 Å². The minimum atomic E-state index is -3.33. The predicted octanol–water partition coefficient (Wildman–Crippen LogP) is 1.20. The first-order valence-corrected chi connectivity index (χ1v) is 8.88. The van der Waals surface area contributed by atoms with E-state index in [0.717, 1.165) is 25.0 Å². The molecule has 0 bridgehead atoms. The highest BCUT2D eigenvalue weighted by Gasteiger charge is 2.32. The van der Waals surface area contributed by atoms with Gasteiger partial charge in [-0.15, -0.1) is 0 Å². The largest absolute Gasteiger partial charge is 0.314 e. The second-order valence-corrected chi connectivity index (χ2v) is 8.31. The lowest BCUT2D eigenvalue weighted by Gasteiger charge is -2.34. The molecule has 1 aliphatic heterocycles. The molecule has 1 saturated heterocycles. The lowest BCUT2D eigenvalue weighted by Crippen LogP contribution is -2.48. The highest BCUT2D eigenvalue weighted by molar-refractivity contribution is 7.86. The predicted molar refractivity (Wildman–Crippen MR) is 81.7 cm³/mol. The molecule has 6 heteroatoms. The molecule has 1 saturated carbocycles. The Morgan fingerprint density at radius 2 is 2.10 bits per heavy atom. The molecule has 1 atom stereocenters. The molecule has 0 aromatic carbocycles. The minimum Gasteiger partial charge on any atom is -0.314 e. The van der Waals surface area contributed by atoms with Gasteiger partial charge in [0.2, 0.25) is 0 Å². The molecule has 0 aromatic heterocycles. The average Bonchev–Trinajstić information content (AvgIpc) is 3.20. The van der Waals surface area contributed by atoms with Crippen LogP contribution in [0.5, 0.6) is 0 Å².